The predicted octanol–water partition coefficient (Wildman–Crippen LogP) is 5.76. The van der Waals surface area contributed by atoms with Crippen molar-refractivity contribution in [1.29, 1.82) is 0 Å². The fourth-order valence-electron chi connectivity index (χ4n) is 3.99. The summed E-state index contributed by atoms with van der Waals surface area (Å²) < 4.78 is 0.963. The number of aliphatic hydroxyl groups is 1. The summed E-state index contributed by atoms with van der Waals surface area (Å²) in [5.74, 6) is -1.47. The van der Waals surface area contributed by atoms with Gasteiger partial charge in [-0.15, -0.1) is 11.3 Å². The summed E-state index contributed by atoms with van der Waals surface area (Å²) in [4.78, 5) is 33.2. The quantitative estimate of drug-likeness (QED) is 0.405. The Bertz CT molecular complexity index is 1350. The van der Waals surface area contributed by atoms with Crippen molar-refractivity contribution in [3.63, 3.8) is 0 Å². The lowest BCUT2D eigenvalue weighted by Gasteiger charge is -2.24. The van der Waals surface area contributed by atoms with Gasteiger partial charge in [-0.25, -0.2) is 4.98 Å². The molecule has 2 aromatic carbocycles. The molecule has 1 aliphatic heterocycles. The minimum absolute atomic E-state index is 0.0887. The van der Waals surface area contributed by atoms with Gasteiger partial charge in [0.25, 0.3) is 5.91 Å². The van der Waals surface area contributed by atoms with E-state index in [9.17, 15) is 14.7 Å². The van der Waals surface area contributed by atoms with E-state index in [1.807, 2.05) is 56.3 Å². The number of carbonyl (C=O) groups excluding carboxylic acids is 2. The highest BCUT2D eigenvalue weighted by atomic mass is 32.1. The third-order valence-electron chi connectivity index (χ3n) is 5.34. The molecule has 1 amide bonds. The van der Waals surface area contributed by atoms with Gasteiger partial charge in [0.15, 0.2) is 10.9 Å². The first kappa shape index (κ1) is 19.7. The largest absolute Gasteiger partial charge is 0.503 e. The summed E-state index contributed by atoms with van der Waals surface area (Å²) in [5.41, 5.74) is 3.79. The van der Waals surface area contributed by atoms with Crippen LogP contribution in [0.1, 0.15) is 32.4 Å². The van der Waals surface area contributed by atoms with E-state index in [2.05, 4.69) is 0 Å². The fourth-order valence-corrected chi connectivity index (χ4v) is 5.83. The third-order valence-corrected chi connectivity index (χ3v) is 7.21. The lowest BCUT2D eigenvalue weighted by Crippen LogP contribution is -2.30. The van der Waals surface area contributed by atoms with Crippen LogP contribution >= 0.6 is 22.7 Å². The Hall–Kier alpha value is -3.29. The molecule has 1 aliphatic rings. The van der Waals surface area contributed by atoms with Crippen LogP contribution in [0.3, 0.4) is 0 Å². The number of Topliss-reactive ketones (excluding diaryl/α,β-unsaturated/α-hetero) is 1. The van der Waals surface area contributed by atoms with Gasteiger partial charge in [0.2, 0.25) is 5.78 Å². The molecular weight excluding hydrogens is 428 g/mol. The number of ketones is 1. The van der Waals surface area contributed by atoms with Crippen molar-refractivity contribution in [2.24, 2.45) is 0 Å². The number of nitrogens with zero attached hydrogens (tertiary/aromatic N) is 2. The van der Waals surface area contributed by atoms with E-state index < -0.39 is 17.7 Å². The van der Waals surface area contributed by atoms with Crippen molar-refractivity contribution in [1.82, 2.24) is 4.98 Å². The number of amides is 1. The van der Waals surface area contributed by atoms with Crippen LogP contribution in [0.15, 0.2) is 71.3 Å². The fraction of sp³-hybridized carbons (Fsp3) is 0.125. The number of rotatable bonds is 4. The molecule has 2 aromatic heterocycles. The number of anilines is 1. The molecule has 0 fully saturated rings. The highest BCUT2D eigenvalue weighted by molar-refractivity contribution is 7.22. The first-order chi connectivity index (χ1) is 15.0. The standard InChI is InChI=1S/C24H18N2O3S2/c1-13-11-14(2)19-17(12-13)31-24(25-19)26-20(15-7-4-3-5-8-15)18(22(28)23(26)29)21(27)16-9-6-10-30-16/h3-12,20,28H,1-2H3. The maximum absolute atomic E-state index is 13.3. The van der Waals surface area contributed by atoms with Gasteiger partial charge in [-0.3, -0.25) is 14.5 Å². The molecule has 154 valence electrons. The minimum Gasteiger partial charge on any atom is -0.503 e. The van der Waals surface area contributed by atoms with E-state index in [1.54, 1.807) is 17.5 Å². The number of carbonyl (C=O) groups is 2. The monoisotopic (exact) mass is 446 g/mol. The van der Waals surface area contributed by atoms with Crippen LogP contribution in [0.25, 0.3) is 10.2 Å². The van der Waals surface area contributed by atoms with Gasteiger partial charge in [-0.2, -0.15) is 0 Å². The van der Waals surface area contributed by atoms with E-state index in [0.717, 1.165) is 26.9 Å². The second-order valence-electron chi connectivity index (χ2n) is 7.48. The molecule has 0 saturated carbocycles. The zero-order valence-electron chi connectivity index (χ0n) is 16.8. The van der Waals surface area contributed by atoms with Crippen LogP contribution in [0.2, 0.25) is 0 Å². The summed E-state index contributed by atoms with van der Waals surface area (Å²) in [6.45, 7) is 4.01. The van der Waals surface area contributed by atoms with E-state index in [0.29, 0.717) is 10.0 Å². The van der Waals surface area contributed by atoms with E-state index in [-0.39, 0.29) is 11.4 Å². The predicted molar refractivity (Wildman–Crippen MR) is 124 cm³/mol. The van der Waals surface area contributed by atoms with Gasteiger partial charge in [0.1, 0.15) is 0 Å². The number of aliphatic hydroxyl groups excluding tert-OH is 1. The van der Waals surface area contributed by atoms with Crippen molar-refractivity contribution in [3.8, 4) is 0 Å². The van der Waals surface area contributed by atoms with E-state index in [1.165, 1.54) is 27.6 Å². The van der Waals surface area contributed by atoms with Crippen LogP contribution in [0.5, 0.6) is 0 Å². The number of thiophene rings is 1. The summed E-state index contributed by atoms with van der Waals surface area (Å²) in [5, 5.41) is 13.1. The average Bonchev–Trinajstić information content (AvgIpc) is 3.48. The summed E-state index contributed by atoms with van der Waals surface area (Å²) in [6.07, 6.45) is 0. The molecule has 0 radical (unpaired) electrons. The molecule has 1 unspecified atom stereocenters. The molecule has 1 atom stereocenters. The Morgan fingerprint density at radius 3 is 2.58 bits per heavy atom. The molecular formula is C24H18N2O3S2. The van der Waals surface area contributed by atoms with Gasteiger partial charge in [0, 0.05) is 0 Å². The van der Waals surface area contributed by atoms with Gasteiger partial charge >= 0.3 is 0 Å². The second kappa shape index (κ2) is 7.44. The summed E-state index contributed by atoms with van der Waals surface area (Å²) >= 11 is 2.67. The second-order valence-corrected chi connectivity index (χ2v) is 9.44. The van der Waals surface area contributed by atoms with Gasteiger partial charge in [-0.05, 0) is 48.1 Å². The van der Waals surface area contributed by atoms with Gasteiger partial charge in [0.05, 0.1) is 26.7 Å². The zero-order valence-corrected chi connectivity index (χ0v) is 18.5. The van der Waals surface area contributed by atoms with Crippen molar-refractivity contribution >= 4 is 49.7 Å². The maximum atomic E-state index is 13.3. The molecule has 0 bridgehead atoms. The zero-order chi connectivity index (χ0) is 21.7. The van der Waals surface area contributed by atoms with E-state index in [4.69, 9.17) is 4.98 Å². The third kappa shape index (κ3) is 3.17. The Labute approximate surface area is 186 Å². The molecule has 0 spiro atoms. The first-order valence-corrected chi connectivity index (χ1v) is 11.4. The number of benzene rings is 2. The number of aryl methyl sites for hydroxylation is 2. The highest BCUT2D eigenvalue weighted by Gasteiger charge is 2.46. The van der Waals surface area contributed by atoms with Crippen molar-refractivity contribution in [2.45, 2.75) is 19.9 Å². The van der Waals surface area contributed by atoms with Crippen molar-refractivity contribution < 1.29 is 14.7 Å². The molecule has 1 N–H and O–H groups in total. The Morgan fingerprint density at radius 2 is 1.87 bits per heavy atom. The number of fused-ring (bicyclic) bond motifs is 1. The van der Waals surface area contributed by atoms with Crippen LogP contribution in [0.4, 0.5) is 5.13 Å². The number of aromatic nitrogens is 1. The smallest absolute Gasteiger partial charge is 0.296 e. The molecule has 5 rings (SSSR count). The maximum Gasteiger partial charge on any atom is 0.296 e. The average molecular weight is 447 g/mol. The van der Waals surface area contributed by atoms with Crippen LogP contribution < -0.4 is 4.90 Å². The summed E-state index contributed by atoms with van der Waals surface area (Å²) in [7, 11) is 0. The lowest BCUT2D eigenvalue weighted by atomic mass is 9.96. The van der Waals surface area contributed by atoms with Crippen LogP contribution in [0, 0.1) is 13.8 Å². The molecule has 4 aromatic rings. The van der Waals surface area contributed by atoms with Crippen LogP contribution in [-0.4, -0.2) is 21.8 Å². The van der Waals surface area contributed by atoms with Crippen molar-refractivity contribution in [2.75, 3.05) is 4.90 Å². The molecule has 31 heavy (non-hydrogen) atoms. The minimum atomic E-state index is -0.745. The van der Waals surface area contributed by atoms with Crippen molar-refractivity contribution in [3.05, 3.63) is 92.9 Å². The normalized spacial score (nSPS) is 16.5. The number of hydrogen-bond donors (Lipinski definition) is 1. The molecule has 5 nitrogen and oxygen atoms in total. The van der Waals surface area contributed by atoms with Gasteiger partial charge < -0.3 is 5.11 Å². The Kier molecular flexibility index (Phi) is 4.72. The molecule has 3 heterocycles. The molecule has 7 heteroatoms. The highest BCUT2D eigenvalue weighted by Crippen LogP contribution is 2.44. The number of hydrogen-bond acceptors (Lipinski definition) is 6. The van der Waals surface area contributed by atoms with Crippen LogP contribution in [-0.2, 0) is 4.79 Å². The summed E-state index contributed by atoms with van der Waals surface area (Å²) in [6, 6.07) is 16.1. The van der Waals surface area contributed by atoms with Gasteiger partial charge in [-0.1, -0.05) is 53.8 Å². The first-order valence-electron chi connectivity index (χ1n) is 9.73. The molecule has 0 aliphatic carbocycles. The topological polar surface area (TPSA) is 70.5 Å². The molecule has 0 saturated heterocycles. The SMILES string of the molecule is Cc1cc(C)c2nc(N3C(=O)C(O)=C(C(=O)c4cccs4)C3c3ccccc3)sc2c1. The Balaban J connectivity index is 1.69. The van der Waals surface area contributed by atoms with E-state index >= 15 is 0 Å². The number of thiazole rings is 1. The Morgan fingerprint density at radius 1 is 1.10 bits per heavy atom. The lowest BCUT2D eigenvalue weighted by molar-refractivity contribution is -0.117.